The van der Waals surface area contributed by atoms with Gasteiger partial charge in [0.25, 0.3) is 0 Å². The maximum atomic E-state index is 12.7. The third-order valence-corrected chi connectivity index (χ3v) is 5.32. The third-order valence-electron chi connectivity index (χ3n) is 4.81. The minimum atomic E-state index is -1.14. The molecule has 1 fully saturated rings. The Morgan fingerprint density at radius 1 is 1.10 bits per heavy atom. The molecule has 0 saturated carbocycles. The fourth-order valence-electron chi connectivity index (χ4n) is 3.66. The Bertz CT molecular complexity index is 1140. The van der Waals surface area contributed by atoms with Crippen molar-refractivity contribution < 1.29 is 14.7 Å². The molecule has 2 heterocycles. The van der Waals surface area contributed by atoms with E-state index in [1.165, 1.54) is 0 Å². The summed E-state index contributed by atoms with van der Waals surface area (Å²) in [6.45, 7) is 0.598. The number of fused-ring (bicyclic) bond motifs is 1. The van der Waals surface area contributed by atoms with Crippen LogP contribution in [0, 0.1) is 0 Å². The minimum absolute atomic E-state index is 0. The number of rotatable bonds is 3. The maximum absolute atomic E-state index is 12.7. The van der Waals surface area contributed by atoms with Crippen molar-refractivity contribution in [1.29, 1.82) is 0 Å². The van der Waals surface area contributed by atoms with E-state index in [4.69, 9.17) is 23.2 Å². The molecule has 3 N–H and O–H groups in total. The topological polar surface area (TPSA) is 82.2 Å². The third kappa shape index (κ3) is 4.11. The van der Waals surface area contributed by atoms with Gasteiger partial charge in [0, 0.05) is 39.2 Å². The number of hydrogen-bond donors (Lipinski definition) is 3. The Kier molecular flexibility index (Phi) is 6.76. The van der Waals surface area contributed by atoms with Crippen LogP contribution in [0.2, 0.25) is 10.0 Å². The molecule has 1 aliphatic heterocycles. The second-order valence-corrected chi connectivity index (χ2v) is 7.41. The molecule has 3 aromatic rings. The van der Waals surface area contributed by atoms with Crippen molar-refractivity contribution in [3.05, 3.63) is 74.9 Å². The summed E-state index contributed by atoms with van der Waals surface area (Å²) in [5, 5.41) is 14.0. The van der Waals surface area contributed by atoms with E-state index in [2.05, 4.69) is 10.3 Å². The predicted octanol–water partition coefficient (Wildman–Crippen LogP) is 4.24. The SMILES string of the molecule is O=C1NCCCC1=C(c1ccccc1)c1c(C(=O)O)[nH]c2cc(Cl)cc(Cl)c12.[NaH]. The average Bonchev–Trinajstić information content (AvgIpc) is 3.04. The fourth-order valence-corrected chi connectivity index (χ4v) is 4.25. The van der Waals surface area contributed by atoms with Crippen LogP contribution in [-0.4, -0.2) is 58.1 Å². The summed E-state index contributed by atoms with van der Waals surface area (Å²) in [5.41, 5.74) is 2.77. The van der Waals surface area contributed by atoms with Gasteiger partial charge in [0.1, 0.15) is 5.69 Å². The number of piperidine rings is 1. The van der Waals surface area contributed by atoms with Gasteiger partial charge < -0.3 is 15.4 Å². The average molecular weight is 439 g/mol. The first-order chi connectivity index (χ1) is 13.5. The molecule has 0 aliphatic carbocycles. The molecule has 2 aromatic carbocycles. The van der Waals surface area contributed by atoms with Gasteiger partial charge in [-0.15, -0.1) is 0 Å². The first kappa shape index (κ1) is 21.9. The van der Waals surface area contributed by atoms with Gasteiger partial charge in [-0.2, -0.15) is 0 Å². The Morgan fingerprint density at radius 2 is 1.83 bits per heavy atom. The van der Waals surface area contributed by atoms with Crippen molar-refractivity contribution in [2.75, 3.05) is 6.54 Å². The molecular weight excluding hydrogens is 422 g/mol. The van der Waals surface area contributed by atoms with Crippen LogP contribution in [-0.2, 0) is 4.79 Å². The van der Waals surface area contributed by atoms with E-state index < -0.39 is 5.97 Å². The first-order valence-corrected chi connectivity index (χ1v) is 9.54. The summed E-state index contributed by atoms with van der Waals surface area (Å²) < 4.78 is 0. The molecule has 4 rings (SSSR count). The van der Waals surface area contributed by atoms with E-state index in [1.807, 2.05) is 30.3 Å². The summed E-state index contributed by atoms with van der Waals surface area (Å²) in [6.07, 6.45) is 1.33. The molecule has 1 aromatic heterocycles. The second kappa shape index (κ2) is 8.94. The molecule has 0 spiro atoms. The first-order valence-electron chi connectivity index (χ1n) is 8.78. The Labute approximate surface area is 199 Å². The van der Waals surface area contributed by atoms with Crippen LogP contribution < -0.4 is 5.32 Å². The number of amides is 1. The number of halogens is 2. The molecule has 29 heavy (non-hydrogen) atoms. The van der Waals surface area contributed by atoms with Crippen molar-refractivity contribution in [3.63, 3.8) is 0 Å². The Morgan fingerprint density at radius 3 is 2.48 bits per heavy atom. The zero-order chi connectivity index (χ0) is 19.8. The molecular formula is C21H17Cl2N2NaO3. The number of carboxylic acids is 1. The second-order valence-electron chi connectivity index (χ2n) is 6.57. The molecule has 0 bridgehead atoms. The number of carboxylic acid groups (broad SMARTS) is 1. The van der Waals surface area contributed by atoms with Crippen molar-refractivity contribution in [2.45, 2.75) is 12.8 Å². The van der Waals surface area contributed by atoms with Crippen molar-refractivity contribution in [3.8, 4) is 0 Å². The standard InChI is InChI=1S/C21H16Cl2N2O3.Na.H/c22-12-9-14(23)17-15(10-12)25-19(21(27)28)18(17)16(11-5-2-1-3-6-11)13-7-4-8-24-20(13)26;;/h1-3,5-6,9-10,25H,4,7-8H2,(H,24,26)(H,27,28);;. The number of H-pyrrole nitrogens is 1. The van der Waals surface area contributed by atoms with Gasteiger partial charge in [-0.3, -0.25) is 4.79 Å². The van der Waals surface area contributed by atoms with Gasteiger partial charge in [-0.25, -0.2) is 4.79 Å². The van der Waals surface area contributed by atoms with Crippen LogP contribution in [0.4, 0.5) is 0 Å². The van der Waals surface area contributed by atoms with E-state index in [-0.39, 0.29) is 41.2 Å². The van der Waals surface area contributed by atoms with Gasteiger partial charge in [-0.1, -0.05) is 53.5 Å². The molecule has 8 heteroatoms. The summed E-state index contributed by atoms with van der Waals surface area (Å²) in [6, 6.07) is 12.5. The Hall–Kier alpha value is -1.76. The van der Waals surface area contributed by atoms with Crippen LogP contribution in [0.15, 0.2) is 48.0 Å². The number of aromatic amines is 1. The van der Waals surface area contributed by atoms with E-state index in [0.29, 0.717) is 50.6 Å². The van der Waals surface area contributed by atoms with Crippen LogP contribution in [0.5, 0.6) is 0 Å². The number of aromatic nitrogens is 1. The van der Waals surface area contributed by atoms with Crippen LogP contribution in [0.25, 0.3) is 16.5 Å². The van der Waals surface area contributed by atoms with E-state index >= 15 is 0 Å². The number of aromatic carboxylic acids is 1. The monoisotopic (exact) mass is 438 g/mol. The number of hydrogen-bond acceptors (Lipinski definition) is 2. The number of benzene rings is 2. The van der Waals surface area contributed by atoms with Gasteiger partial charge >= 0.3 is 35.5 Å². The number of carbonyl (C=O) groups excluding carboxylic acids is 1. The zero-order valence-electron chi connectivity index (χ0n) is 14.7. The number of nitrogens with one attached hydrogen (secondary N) is 2. The van der Waals surface area contributed by atoms with Crippen molar-refractivity contribution in [2.24, 2.45) is 0 Å². The fraction of sp³-hybridized carbons (Fsp3) is 0.143. The van der Waals surface area contributed by atoms with Crippen molar-refractivity contribution >= 4 is 81.1 Å². The molecule has 0 radical (unpaired) electrons. The van der Waals surface area contributed by atoms with Gasteiger partial charge in [0.2, 0.25) is 5.91 Å². The van der Waals surface area contributed by atoms with E-state index in [0.717, 1.165) is 12.0 Å². The molecule has 0 unspecified atom stereocenters. The van der Waals surface area contributed by atoms with Gasteiger partial charge in [0.15, 0.2) is 0 Å². The number of carbonyl (C=O) groups is 2. The molecule has 5 nitrogen and oxygen atoms in total. The zero-order valence-corrected chi connectivity index (χ0v) is 16.2. The summed E-state index contributed by atoms with van der Waals surface area (Å²) in [5.74, 6) is -1.33. The normalized spacial score (nSPS) is 15.6. The summed E-state index contributed by atoms with van der Waals surface area (Å²) in [7, 11) is 0. The van der Waals surface area contributed by atoms with E-state index in [1.54, 1.807) is 12.1 Å². The molecule has 0 atom stereocenters. The summed E-state index contributed by atoms with van der Waals surface area (Å²) in [4.78, 5) is 27.7. The predicted molar refractivity (Wildman–Crippen MR) is 117 cm³/mol. The molecule has 1 aliphatic rings. The molecule has 1 saturated heterocycles. The molecule has 144 valence electrons. The molecule has 1 amide bonds. The Balaban J connectivity index is 0.00000240. The van der Waals surface area contributed by atoms with Gasteiger partial charge in [0.05, 0.1) is 5.02 Å². The van der Waals surface area contributed by atoms with Crippen LogP contribution in [0.3, 0.4) is 0 Å². The van der Waals surface area contributed by atoms with E-state index in [9.17, 15) is 14.7 Å². The van der Waals surface area contributed by atoms with Crippen LogP contribution >= 0.6 is 23.2 Å². The quantitative estimate of drug-likeness (QED) is 0.422. The van der Waals surface area contributed by atoms with Crippen LogP contribution in [0.1, 0.15) is 34.5 Å². The van der Waals surface area contributed by atoms with Gasteiger partial charge in [-0.05, 0) is 30.5 Å². The van der Waals surface area contributed by atoms with Crippen molar-refractivity contribution in [1.82, 2.24) is 10.3 Å². The summed E-state index contributed by atoms with van der Waals surface area (Å²) >= 11 is 12.6.